The van der Waals surface area contributed by atoms with Gasteiger partial charge in [0.25, 0.3) is 0 Å². The number of unbranched alkanes of at least 4 members (excludes halogenated alkanes) is 23. The molecule has 0 aliphatic heterocycles. The van der Waals surface area contributed by atoms with Crippen LogP contribution in [0.3, 0.4) is 0 Å². The predicted molar refractivity (Wildman–Crippen MR) is 179 cm³/mol. The van der Waals surface area contributed by atoms with Gasteiger partial charge in [0.15, 0.2) is 0 Å². The third-order valence-corrected chi connectivity index (χ3v) is 8.18. The summed E-state index contributed by atoms with van der Waals surface area (Å²) in [5.41, 5.74) is 0. The van der Waals surface area contributed by atoms with Gasteiger partial charge in [-0.05, 0) is 44.9 Å². The van der Waals surface area contributed by atoms with Crippen LogP contribution < -0.4 is 5.32 Å². The van der Waals surface area contributed by atoms with Gasteiger partial charge >= 0.3 is 0 Å². The van der Waals surface area contributed by atoms with Crippen molar-refractivity contribution in [2.75, 3.05) is 6.61 Å². The summed E-state index contributed by atoms with van der Waals surface area (Å²) in [5.74, 6) is -0.0706. The van der Waals surface area contributed by atoms with Crippen LogP contribution in [0, 0.1) is 0 Å². The molecule has 0 bridgehead atoms. The Kier molecular flexibility index (Phi) is 32.5. The fourth-order valence-corrected chi connectivity index (χ4v) is 5.35. The largest absolute Gasteiger partial charge is 0.394 e. The Labute approximate surface area is 256 Å². The highest BCUT2D eigenvalue weighted by molar-refractivity contribution is 5.76. The molecule has 4 nitrogen and oxygen atoms in total. The molecule has 0 heterocycles. The zero-order valence-corrected chi connectivity index (χ0v) is 27.6. The minimum Gasteiger partial charge on any atom is -0.394 e. The molecule has 0 aromatic carbocycles. The van der Waals surface area contributed by atoms with Crippen molar-refractivity contribution in [2.45, 2.75) is 199 Å². The fourth-order valence-electron chi connectivity index (χ4n) is 5.35. The Morgan fingerprint density at radius 2 is 0.927 bits per heavy atom. The Bertz CT molecular complexity index is 589. The van der Waals surface area contributed by atoms with Crippen molar-refractivity contribution >= 4 is 5.91 Å². The summed E-state index contributed by atoms with van der Waals surface area (Å²) >= 11 is 0. The molecule has 0 saturated carbocycles. The van der Waals surface area contributed by atoms with Crippen LogP contribution in [0.4, 0.5) is 0 Å². The molecular formula is C37H71NO3. The first-order valence-corrected chi connectivity index (χ1v) is 18.1. The van der Waals surface area contributed by atoms with Crippen molar-refractivity contribution in [2.24, 2.45) is 0 Å². The van der Waals surface area contributed by atoms with Gasteiger partial charge in [0.05, 0.1) is 18.8 Å². The van der Waals surface area contributed by atoms with Crippen LogP contribution in [0.25, 0.3) is 0 Å². The van der Waals surface area contributed by atoms with Crippen LogP contribution in [0.1, 0.15) is 187 Å². The fraction of sp³-hybridized carbons (Fsp3) is 0.865. The second-order valence-corrected chi connectivity index (χ2v) is 12.3. The van der Waals surface area contributed by atoms with E-state index < -0.39 is 12.1 Å². The predicted octanol–water partition coefficient (Wildman–Crippen LogP) is 10.5. The normalized spacial score (nSPS) is 13.4. The van der Waals surface area contributed by atoms with Crippen molar-refractivity contribution in [3.8, 4) is 0 Å². The molecule has 1 amide bonds. The van der Waals surface area contributed by atoms with E-state index in [-0.39, 0.29) is 12.5 Å². The molecule has 4 heteroatoms. The van der Waals surface area contributed by atoms with Crippen LogP contribution in [0.2, 0.25) is 0 Å². The second kappa shape index (κ2) is 33.4. The van der Waals surface area contributed by atoms with Crippen molar-refractivity contribution in [3.05, 3.63) is 24.3 Å². The molecule has 0 aliphatic carbocycles. The third-order valence-electron chi connectivity index (χ3n) is 8.18. The van der Waals surface area contributed by atoms with Crippen molar-refractivity contribution < 1.29 is 15.0 Å². The Hall–Kier alpha value is -1.13. The Morgan fingerprint density at radius 3 is 1.34 bits per heavy atom. The van der Waals surface area contributed by atoms with Crippen LogP contribution in [-0.4, -0.2) is 34.9 Å². The zero-order valence-electron chi connectivity index (χ0n) is 27.6. The number of aliphatic hydroxyl groups excluding tert-OH is 2. The summed E-state index contributed by atoms with van der Waals surface area (Å²) in [6, 6.07) is -0.619. The van der Waals surface area contributed by atoms with Crippen LogP contribution in [-0.2, 0) is 4.79 Å². The first-order valence-electron chi connectivity index (χ1n) is 18.1. The van der Waals surface area contributed by atoms with Gasteiger partial charge in [-0.3, -0.25) is 4.79 Å². The second-order valence-electron chi connectivity index (χ2n) is 12.3. The molecule has 0 aromatic heterocycles. The first-order chi connectivity index (χ1) is 20.2. The number of hydrogen-bond donors (Lipinski definition) is 3. The zero-order chi connectivity index (χ0) is 30.1. The molecule has 0 saturated heterocycles. The van der Waals surface area contributed by atoms with E-state index in [9.17, 15) is 15.0 Å². The highest BCUT2D eigenvalue weighted by Gasteiger charge is 2.17. The topological polar surface area (TPSA) is 69.6 Å². The summed E-state index contributed by atoms with van der Waals surface area (Å²) in [6.45, 7) is 4.28. The van der Waals surface area contributed by atoms with E-state index in [2.05, 4.69) is 31.3 Å². The van der Waals surface area contributed by atoms with E-state index in [0.717, 1.165) is 25.7 Å². The monoisotopic (exact) mass is 578 g/mol. The van der Waals surface area contributed by atoms with Gasteiger partial charge in [-0.1, -0.05) is 160 Å². The van der Waals surface area contributed by atoms with Gasteiger partial charge in [-0.15, -0.1) is 0 Å². The standard InChI is InChI=1S/C37H71NO3/c1-3-5-7-9-11-13-15-16-17-18-19-20-21-23-25-27-29-31-33-37(41)38-35(34-39)36(40)32-30-28-26-24-22-14-12-10-8-6-4-2/h17-18,30,32,35-36,39-40H,3-16,19-29,31,33-34H2,1-2H3,(H,38,41)/b18-17-,32-30+. The molecule has 0 spiro atoms. The van der Waals surface area contributed by atoms with E-state index in [1.54, 1.807) is 6.08 Å². The van der Waals surface area contributed by atoms with E-state index in [4.69, 9.17) is 0 Å². The van der Waals surface area contributed by atoms with E-state index in [0.29, 0.717) is 6.42 Å². The molecule has 0 aliphatic rings. The maximum atomic E-state index is 12.3. The average molecular weight is 578 g/mol. The summed E-state index contributed by atoms with van der Waals surface area (Å²) in [5, 5.41) is 22.8. The van der Waals surface area contributed by atoms with Gasteiger partial charge in [0, 0.05) is 6.42 Å². The number of aliphatic hydroxyl groups is 2. The van der Waals surface area contributed by atoms with Gasteiger partial charge in [-0.2, -0.15) is 0 Å². The van der Waals surface area contributed by atoms with E-state index in [1.165, 1.54) is 141 Å². The molecule has 0 fully saturated rings. The number of carbonyl (C=O) groups excluding carboxylic acids is 1. The quantitative estimate of drug-likeness (QED) is 0.0550. The number of rotatable bonds is 32. The van der Waals surface area contributed by atoms with Crippen LogP contribution >= 0.6 is 0 Å². The molecule has 3 N–H and O–H groups in total. The lowest BCUT2D eigenvalue weighted by molar-refractivity contribution is -0.123. The lowest BCUT2D eigenvalue weighted by Gasteiger charge is -2.20. The lowest BCUT2D eigenvalue weighted by Crippen LogP contribution is -2.45. The van der Waals surface area contributed by atoms with Crippen LogP contribution in [0.5, 0.6) is 0 Å². The maximum Gasteiger partial charge on any atom is 0.220 e. The average Bonchev–Trinajstić information content (AvgIpc) is 2.97. The van der Waals surface area contributed by atoms with Crippen molar-refractivity contribution in [1.82, 2.24) is 5.32 Å². The number of carbonyl (C=O) groups is 1. The summed E-state index contributed by atoms with van der Waals surface area (Å²) in [6.07, 6.45) is 41.1. The van der Waals surface area contributed by atoms with Crippen molar-refractivity contribution in [3.63, 3.8) is 0 Å². The highest BCUT2D eigenvalue weighted by Crippen LogP contribution is 2.13. The third kappa shape index (κ3) is 30.1. The number of allylic oxidation sites excluding steroid dienone is 3. The summed E-state index contributed by atoms with van der Waals surface area (Å²) in [7, 11) is 0. The molecule has 2 unspecified atom stereocenters. The lowest BCUT2D eigenvalue weighted by atomic mass is 10.1. The Morgan fingerprint density at radius 1 is 0.561 bits per heavy atom. The molecule has 0 aromatic rings. The minimum atomic E-state index is -0.835. The number of nitrogens with one attached hydrogen (secondary N) is 1. The maximum absolute atomic E-state index is 12.3. The van der Waals surface area contributed by atoms with E-state index >= 15 is 0 Å². The van der Waals surface area contributed by atoms with Crippen LogP contribution in [0.15, 0.2) is 24.3 Å². The van der Waals surface area contributed by atoms with E-state index in [1.807, 2.05) is 6.08 Å². The minimum absolute atomic E-state index is 0.0706. The molecule has 2 atom stereocenters. The molecule has 0 rings (SSSR count). The van der Waals surface area contributed by atoms with Gasteiger partial charge < -0.3 is 15.5 Å². The molecular weight excluding hydrogens is 506 g/mol. The summed E-state index contributed by atoms with van der Waals surface area (Å²) in [4.78, 5) is 12.3. The molecule has 0 radical (unpaired) electrons. The van der Waals surface area contributed by atoms with Gasteiger partial charge in [0.1, 0.15) is 0 Å². The summed E-state index contributed by atoms with van der Waals surface area (Å²) < 4.78 is 0. The number of hydrogen-bond acceptors (Lipinski definition) is 3. The smallest absolute Gasteiger partial charge is 0.220 e. The molecule has 242 valence electrons. The molecule has 41 heavy (non-hydrogen) atoms. The van der Waals surface area contributed by atoms with Gasteiger partial charge in [-0.25, -0.2) is 0 Å². The van der Waals surface area contributed by atoms with Crippen molar-refractivity contribution in [1.29, 1.82) is 0 Å². The number of amides is 1. The Balaban J connectivity index is 3.61. The SMILES string of the molecule is CCCCCCCCC/C=C\CCCCCCCCCC(=O)NC(CO)C(O)/C=C/CCCCCCCCCCC. The highest BCUT2D eigenvalue weighted by atomic mass is 16.3. The van der Waals surface area contributed by atoms with Gasteiger partial charge in [0.2, 0.25) is 5.91 Å². The first kappa shape index (κ1) is 39.9.